The van der Waals surface area contributed by atoms with Crippen molar-refractivity contribution in [3.63, 3.8) is 0 Å². The number of hydrogen-bond acceptors (Lipinski definition) is 4. The van der Waals surface area contributed by atoms with Crippen LogP contribution in [0, 0.1) is 5.41 Å². The Kier molecular flexibility index (Phi) is 5.73. The maximum absolute atomic E-state index is 5.59. The first kappa shape index (κ1) is 15.9. The topological polar surface area (TPSA) is 47.0 Å². The van der Waals surface area contributed by atoms with Gasteiger partial charge in [-0.1, -0.05) is 27.7 Å². The average Bonchev–Trinajstić information content (AvgIpc) is 2.26. The van der Waals surface area contributed by atoms with Gasteiger partial charge in [0.15, 0.2) is 0 Å². The molecule has 1 unspecified atom stereocenters. The summed E-state index contributed by atoms with van der Waals surface area (Å²) in [6.07, 6.45) is 4.47. The lowest BCUT2D eigenvalue weighted by molar-refractivity contribution is 0.229. The van der Waals surface area contributed by atoms with Gasteiger partial charge in [0.25, 0.3) is 0 Å². The van der Waals surface area contributed by atoms with E-state index in [-0.39, 0.29) is 11.5 Å². The number of hydrogen-bond donors (Lipinski definition) is 1. The summed E-state index contributed by atoms with van der Waals surface area (Å²) in [7, 11) is 0. The number of aromatic nitrogens is 2. The molecule has 0 aliphatic carbocycles. The summed E-state index contributed by atoms with van der Waals surface area (Å²) in [5.74, 6) is 0.608. The van der Waals surface area contributed by atoms with Crippen molar-refractivity contribution in [1.82, 2.24) is 15.3 Å². The van der Waals surface area contributed by atoms with Crippen molar-refractivity contribution in [3.05, 3.63) is 18.1 Å². The van der Waals surface area contributed by atoms with Crippen LogP contribution >= 0.6 is 0 Å². The third-order valence-electron chi connectivity index (χ3n) is 2.93. The second-order valence-electron chi connectivity index (χ2n) is 6.20. The quantitative estimate of drug-likeness (QED) is 0.859. The van der Waals surface area contributed by atoms with Gasteiger partial charge >= 0.3 is 0 Å². The molecule has 1 aromatic rings. The Hall–Kier alpha value is -1.16. The van der Waals surface area contributed by atoms with Crippen LogP contribution in [-0.2, 0) is 6.42 Å². The van der Waals surface area contributed by atoms with E-state index < -0.39 is 0 Å². The van der Waals surface area contributed by atoms with Crippen LogP contribution in [0.25, 0.3) is 0 Å². The summed E-state index contributed by atoms with van der Waals surface area (Å²) in [5.41, 5.74) is 1.16. The van der Waals surface area contributed by atoms with Gasteiger partial charge in [-0.2, -0.15) is 0 Å². The molecule has 1 heterocycles. The second-order valence-corrected chi connectivity index (χ2v) is 6.20. The zero-order chi connectivity index (χ0) is 14.5. The number of nitrogens with one attached hydrogen (secondary N) is 1. The Balaban J connectivity index is 2.79. The van der Waals surface area contributed by atoms with E-state index in [0.29, 0.717) is 11.9 Å². The molecule has 0 aliphatic rings. The standard InChI is InChI=1S/C15H27N3O/c1-7-17-13(15(4,5)6)8-12-9-16-10-14(18-12)19-11(2)3/h9-11,13,17H,7-8H2,1-6H3. The van der Waals surface area contributed by atoms with Gasteiger partial charge in [-0.3, -0.25) is 4.98 Å². The van der Waals surface area contributed by atoms with Crippen molar-refractivity contribution >= 4 is 0 Å². The smallest absolute Gasteiger partial charge is 0.232 e. The molecule has 4 heteroatoms. The van der Waals surface area contributed by atoms with E-state index in [1.54, 1.807) is 6.20 Å². The lowest BCUT2D eigenvalue weighted by atomic mass is 9.84. The Bertz CT molecular complexity index is 385. The largest absolute Gasteiger partial charge is 0.474 e. The molecule has 0 bridgehead atoms. The van der Waals surface area contributed by atoms with Gasteiger partial charge in [0, 0.05) is 18.7 Å². The van der Waals surface area contributed by atoms with Crippen LogP contribution in [0.4, 0.5) is 0 Å². The SMILES string of the molecule is CCNC(Cc1cncc(OC(C)C)n1)C(C)(C)C. The normalized spacial score (nSPS) is 13.6. The van der Waals surface area contributed by atoms with Gasteiger partial charge in [-0.25, -0.2) is 4.98 Å². The lowest BCUT2D eigenvalue weighted by Gasteiger charge is -2.31. The van der Waals surface area contributed by atoms with Crippen LogP contribution in [0.2, 0.25) is 0 Å². The highest BCUT2D eigenvalue weighted by atomic mass is 16.5. The van der Waals surface area contributed by atoms with Crippen LogP contribution in [-0.4, -0.2) is 28.7 Å². The Morgan fingerprint density at radius 3 is 2.47 bits per heavy atom. The molecule has 1 aromatic heterocycles. The van der Waals surface area contributed by atoms with E-state index in [1.807, 2.05) is 20.0 Å². The number of ether oxygens (including phenoxy) is 1. The predicted octanol–water partition coefficient (Wildman–Crippen LogP) is 2.83. The van der Waals surface area contributed by atoms with E-state index >= 15 is 0 Å². The number of nitrogens with zero attached hydrogens (tertiary/aromatic N) is 2. The summed E-state index contributed by atoms with van der Waals surface area (Å²) >= 11 is 0. The highest BCUT2D eigenvalue weighted by molar-refractivity contribution is 5.10. The van der Waals surface area contributed by atoms with Crippen molar-refractivity contribution in [3.8, 4) is 5.88 Å². The molecule has 1 atom stereocenters. The molecule has 4 nitrogen and oxygen atoms in total. The molecule has 0 spiro atoms. The fourth-order valence-electron chi connectivity index (χ4n) is 1.92. The van der Waals surface area contributed by atoms with Crippen molar-refractivity contribution in [1.29, 1.82) is 0 Å². The van der Waals surface area contributed by atoms with Gasteiger partial charge in [0.2, 0.25) is 5.88 Å². The Morgan fingerprint density at radius 1 is 1.26 bits per heavy atom. The molecule has 0 amide bonds. The minimum absolute atomic E-state index is 0.122. The highest BCUT2D eigenvalue weighted by Gasteiger charge is 2.24. The first-order chi connectivity index (χ1) is 8.82. The van der Waals surface area contributed by atoms with E-state index in [4.69, 9.17) is 4.74 Å². The molecule has 0 aromatic carbocycles. The maximum atomic E-state index is 5.59. The lowest BCUT2D eigenvalue weighted by Crippen LogP contribution is -2.42. The molecule has 19 heavy (non-hydrogen) atoms. The summed E-state index contributed by atoms with van der Waals surface area (Å²) in [6.45, 7) is 13.8. The van der Waals surface area contributed by atoms with Gasteiger partial charge in [-0.15, -0.1) is 0 Å². The second kappa shape index (κ2) is 6.85. The molecule has 0 radical (unpaired) electrons. The Labute approximate surface area is 117 Å². The minimum Gasteiger partial charge on any atom is -0.474 e. The molecule has 0 saturated carbocycles. The first-order valence-corrected chi connectivity index (χ1v) is 7.04. The molecule has 1 N–H and O–H groups in total. The van der Waals surface area contributed by atoms with Crippen molar-refractivity contribution in [2.45, 2.75) is 60.1 Å². The fourth-order valence-corrected chi connectivity index (χ4v) is 1.92. The maximum Gasteiger partial charge on any atom is 0.232 e. The van der Waals surface area contributed by atoms with Gasteiger partial charge in [0.1, 0.15) is 0 Å². The zero-order valence-corrected chi connectivity index (χ0v) is 13.0. The summed E-state index contributed by atoms with van der Waals surface area (Å²) in [5, 5.41) is 3.52. The fraction of sp³-hybridized carbons (Fsp3) is 0.733. The molecule has 0 fully saturated rings. The van der Waals surface area contributed by atoms with Crippen molar-refractivity contribution in [2.24, 2.45) is 5.41 Å². The predicted molar refractivity (Wildman–Crippen MR) is 78.4 cm³/mol. The van der Waals surface area contributed by atoms with Gasteiger partial charge < -0.3 is 10.1 Å². The summed E-state index contributed by atoms with van der Waals surface area (Å²) in [6, 6.07) is 0.376. The number of rotatable bonds is 6. The summed E-state index contributed by atoms with van der Waals surface area (Å²) < 4.78 is 5.59. The molecular formula is C15H27N3O. The van der Waals surface area contributed by atoms with Crippen LogP contribution < -0.4 is 10.1 Å². The van der Waals surface area contributed by atoms with Crippen LogP contribution in [0.5, 0.6) is 5.88 Å². The third-order valence-corrected chi connectivity index (χ3v) is 2.93. The number of likely N-dealkylation sites (N-methyl/N-ethyl adjacent to an activating group) is 1. The molecule has 108 valence electrons. The van der Waals surface area contributed by atoms with E-state index in [0.717, 1.165) is 18.7 Å². The average molecular weight is 265 g/mol. The van der Waals surface area contributed by atoms with E-state index in [1.165, 1.54) is 0 Å². The molecule has 0 saturated heterocycles. The van der Waals surface area contributed by atoms with Crippen LogP contribution in [0.1, 0.15) is 47.2 Å². The van der Waals surface area contributed by atoms with Crippen molar-refractivity contribution in [2.75, 3.05) is 6.54 Å². The molecule has 0 aliphatic heterocycles. The monoisotopic (exact) mass is 265 g/mol. The van der Waals surface area contributed by atoms with Gasteiger partial charge in [0.05, 0.1) is 18.0 Å². The van der Waals surface area contributed by atoms with Crippen LogP contribution in [0.15, 0.2) is 12.4 Å². The first-order valence-electron chi connectivity index (χ1n) is 7.04. The van der Waals surface area contributed by atoms with Gasteiger partial charge in [-0.05, 0) is 25.8 Å². The third kappa shape index (κ3) is 5.55. The van der Waals surface area contributed by atoms with E-state index in [2.05, 4.69) is 43.0 Å². The van der Waals surface area contributed by atoms with Crippen LogP contribution in [0.3, 0.4) is 0 Å². The van der Waals surface area contributed by atoms with E-state index in [9.17, 15) is 0 Å². The van der Waals surface area contributed by atoms with Crippen molar-refractivity contribution < 1.29 is 4.74 Å². The molecular weight excluding hydrogens is 238 g/mol. The molecule has 1 rings (SSSR count). The summed E-state index contributed by atoms with van der Waals surface area (Å²) in [4.78, 5) is 8.74. The Morgan fingerprint density at radius 2 is 1.95 bits per heavy atom. The highest BCUT2D eigenvalue weighted by Crippen LogP contribution is 2.22. The minimum atomic E-state index is 0.122. The zero-order valence-electron chi connectivity index (χ0n) is 13.0.